The highest BCUT2D eigenvalue weighted by atomic mass is 16.5. The van der Waals surface area contributed by atoms with Gasteiger partial charge in [0.25, 0.3) is 0 Å². The van der Waals surface area contributed by atoms with Crippen LogP contribution in [0.5, 0.6) is 5.75 Å². The number of hydrogen-bond donors (Lipinski definition) is 1. The summed E-state index contributed by atoms with van der Waals surface area (Å²) in [4.78, 5) is 11.2. The number of ether oxygens (including phenoxy) is 1. The molecule has 0 saturated carbocycles. The molecule has 0 unspecified atom stereocenters. The number of carboxylic acid groups (broad SMARTS) is 1. The summed E-state index contributed by atoms with van der Waals surface area (Å²) in [5, 5.41) is 9.17. The fraction of sp³-hybridized carbons (Fsp3) is 0.211. The van der Waals surface area contributed by atoms with Gasteiger partial charge in [-0.25, -0.2) is 0 Å². The summed E-state index contributed by atoms with van der Waals surface area (Å²) in [6, 6.07) is 17.4. The zero-order valence-corrected chi connectivity index (χ0v) is 12.6. The van der Waals surface area contributed by atoms with E-state index < -0.39 is 5.97 Å². The Balaban J connectivity index is 2.19. The second-order valence-electron chi connectivity index (χ2n) is 5.01. The summed E-state index contributed by atoms with van der Waals surface area (Å²) in [6.07, 6.45) is 3.95. The first-order valence-corrected chi connectivity index (χ1v) is 7.31. The highest BCUT2D eigenvalue weighted by molar-refractivity contribution is 5.69. The summed E-state index contributed by atoms with van der Waals surface area (Å²) < 4.78 is 5.56. The van der Waals surface area contributed by atoms with E-state index in [0.717, 1.165) is 16.9 Å². The number of carboxylic acids is 1. The first-order valence-electron chi connectivity index (χ1n) is 7.31. The van der Waals surface area contributed by atoms with Gasteiger partial charge in [-0.15, -0.1) is 0 Å². The molecule has 0 bridgehead atoms. The highest BCUT2D eigenvalue weighted by Crippen LogP contribution is 2.29. The molecule has 0 radical (unpaired) electrons. The second kappa shape index (κ2) is 8.03. The predicted molar refractivity (Wildman–Crippen MR) is 87.3 cm³/mol. The van der Waals surface area contributed by atoms with Crippen molar-refractivity contribution in [2.24, 2.45) is 0 Å². The zero-order valence-electron chi connectivity index (χ0n) is 12.6. The first kappa shape index (κ1) is 15.8. The van der Waals surface area contributed by atoms with Gasteiger partial charge in [0.15, 0.2) is 0 Å². The molecular weight excluding hydrogens is 276 g/mol. The van der Waals surface area contributed by atoms with Crippen molar-refractivity contribution >= 4 is 5.97 Å². The molecule has 2 aromatic rings. The van der Waals surface area contributed by atoms with Crippen molar-refractivity contribution in [1.29, 1.82) is 0 Å². The lowest BCUT2D eigenvalue weighted by molar-refractivity contribution is -0.137. The minimum Gasteiger partial charge on any atom is -0.490 e. The van der Waals surface area contributed by atoms with Crippen LogP contribution >= 0.6 is 0 Å². The minimum absolute atomic E-state index is 0.0722. The third-order valence-corrected chi connectivity index (χ3v) is 3.45. The molecule has 3 nitrogen and oxygen atoms in total. The molecule has 3 heteroatoms. The van der Waals surface area contributed by atoms with Crippen molar-refractivity contribution in [3.8, 4) is 5.75 Å². The van der Waals surface area contributed by atoms with Crippen LogP contribution < -0.4 is 4.74 Å². The van der Waals surface area contributed by atoms with Crippen LogP contribution in [0.4, 0.5) is 0 Å². The Hall–Kier alpha value is -2.55. The van der Waals surface area contributed by atoms with E-state index >= 15 is 0 Å². The lowest BCUT2D eigenvalue weighted by Crippen LogP contribution is -2.08. The maximum Gasteiger partial charge on any atom is 0.304 e. The topological polar surface area (TPSA) is 46.5 Å². The molecule has 0 heterocycles. The Labute approximate surface area is 130 Å². The summed E-state index contributed by atoms with van der Waals surface area (Å²) in [5.41, 5.74) is 1.99. The summed E-state index contributed by atoms with van der Waals surface area (Å²) in [5.74, 6) is -0.172. The van der Waals surface area contributed by atoms with Crippen molar-refractivity contribution in [2.75, 3.05) is 6.61 Å². The van der Waals surface area contributed by atoms with E-state index in [4.69, 9.17) is 4.74 Å². The highest BCUT2D eigenvalue weighted by Gasteiger charge is 2.17. The molecule has 0 aliphatic carbocycles. The molecular formula is C19H20O3. The quantitative estimate of drug-likeness (QED) is 0.777. The van der Waals surface area contributed by atoms with Gasteiger partial charge in [0.2, 0.25) is 0 Å². The Kier molecular flexibility index (Phi) is 5.78. The van der Waals surface area contributed by atoms with Gasteiger partial charge in [-0.3, -0.25) is 4.79 Å². The molecule has 2 rings (SSSR count). The smallest absolute Gasteiger partial charge is 0.304 e. The average Bonchev–Trinajstić information content (AvgIpc) is 2.54. The lowest BCUT2D eigenvalue weighted by Gasteiger charge is -2.16. The SMILES string of the molecule is C/C=C/COc1ccc([C@H](CC(=O)O)c2ccccc2)cc1. The molecule has 0 saturated heterocycles. The fourth-order valence-corrected chi connectivity index (χ4v) is 2.33. The number of allylic oxidation sites excluding steroid dienone is 1. The van der Waals surface area contributed by atoms with Gasteiger partial charge in [-0.2, -0.15) is 0 Å². The maximum atomic E-state index is 11.2. The van der Waals surface area contributed by atoms with E-state index in [1.54, 1.807) is 0 Å². The van der Waals surface area contributed by atoms with Crippen molar-refractivity contribution < 1.29 is 14.6 Å². The first-order chi connectivity index (χ1) is 10.7. The van der Waals surface area contributed by atoms with E-state index in [0.29, 0.717) is 6.61 Å². The van der Waals surface area contributed by atoms with Gasteiger partial charge < -0.3 is 9.84 Å². The largest absolute Gasteiger partial charge is 0.490 e. The van der Waals surface area contributed by atoms with Gasteiger partial charge in [-0.05, 0) is 30.2 Å². The fourth-order valence-electron chi connectivity index (χ4n) is 2.33. The number of hydrogen-bond acceptors (Lipinski definition) is 2. The molecule has 114 valence electrons. The van der Waals surface area contributed by atoms with Crippen LogP contribution in [0.25, 0.3) is 0 Å². The van der Waals surface area contributed by atoms with Crippen LogP contribution in [0.2, 0.25) is 0 Å². The molecule has 2 aromatic carbocycles. The Morgan fingerprint density at radius 3 is 2.32 bits per heavy atom. The normalized spacial score (nSPS) is 12.2. The van der Waals surface area contributed by atoms with E-state index in [-0.39, 0.29) is 12.3 Å². The molecule has 1 N–H and O–H groups in total. The van der Waals surface area contributed by atoms with Crippen molar-refractivity contribution in [3.05, 3.63) is 77.9 Å². The van der Waals surface area contributed by atoms with E-state index in [1.807, 2.05) is 73.7 Å². The zero-order chi connectivity index (χ0) is 15.8. The molecule has 1 atom stereocenters. The van der Waals surface area contributed by atoms with Gasteiger partial charge in [0.05, 0.1) is 6.42 Å². The standard InChI is InChI=1S/C19H20O3/c1-2-3-13-22-17-11-9-16(10-12-17)18(14-19(20)21)15-7-5-4-6-8-15/h2-12,18H,13-14H2,1H3,(H,20,21)/b3-2+/t18-/m1/s1. The van der Waals surface area contributed by atoms with Crippen LogP contribution in [-0.4, -0.2) is 17.7 Å². The van der Waals surface area contributed by atoms with Gasteiger partial charge in [0, 0.05) is 5.92 Å². The lowest BCUT2D eigenvalue weighted by atomic mass is 9.88. The van der Waals surface area contributed by atoms with Crippen LogP contribution in [0.3, 0.4) is 0 Å². The maximum absolute atomic E-state index is 11.2. The average molecular weight is 296 g/mol. The van der Waals surface area contributed by atoms with Crippen LogP contribution in [0.15, 0.2) is 66.7 Å². The molecule has 0 aliphatic rings. The van der Waals surface area contributed by atoms with Crippen LogP contribution in [0.1, 0.15) is 30.4 Å². The van der Waals surface area contributed by atoms with Crippen molar-refractivity contribution in [1.82, 2.24) is 0 Å². The van der Waals surface area contributed by atoms with Gasteiger partial charge in [0.1, 0.15) is 12.4 Å². The summed E-state index contributed by atoms with van der Waals surface area (Å²) in [7, 11) is 0. The summed E-state index contributed by atoms with van der Waals surface area (Å²) >= 11 is 0. The van der Waals surface area contributed by atoms with Crippen molar-refractivity contribution in [2.45, 2.75) is 19.3 Å². The Bertz CT molecular complexity index is 615. The Morgan fingerprint density at radius 2 is 1.73 bits per heavy atom. The third-order valence-electron chi connectivity index (χ3n) is 3.45. The van der Waals surface area contributed by atoms with Crippen molar-refractivity contribution in [3.63, 3.8) is 0 Å². The predicted octanol–water partition coefficient (Wildman–Crippen LogP) is 4.25. The van der Waals surface area contributed by atoms with E-state index in [2.05, 4.69) is 0 Å². The molecule has 0 spiro atoms. The number of rotatable bonds is 7. The summed E-state index contributed by atoms with van der Waals surface area (Å²) in [6.45, 7) is 2.48. The van der Waals surface area contributed by atoms with Gasteiger partial charge >= 0.3 is 5.97 Å². The third kappa shape index (κ3) is 4.48. The minimum atomic E-state index is -0.803. The van der Waals surface area contributed by atoms with Crippen LogP contribution in [0, 0.1) is 0 Å². The molecule has 0 fully saturated rings. The number of aliphatic carboxylic acids is 1. The molecule has 0 amide bonds. The van der Waals surface area contributed by atoms with Crippen LogP contribution in [-0.2, 0) is 4.79 Å². The number of carbonyl (C=O) groups is 1. The Morgan fingerprint density at radius 1 is 1.09 bits per heavy atom. The molecule has 0 aromatic heterocycles. The van der Waals surface area contributed by atoms with E-state index in [9.17, 15) is 9.90 Å². The number of benzene rings is 2. The molecule has 0 aliphatic heterocycles. The van der Waals surface area contributed by atoms with Gasteiger partial charge in [-0.1, -0.05) is 54.6 Å². The second-order valence-corrected chi connectivity index (χ2v) is 5.01. The monoisotopic (exact) mass is 296 g/mol. The molecule has 22 heavy (non-hydrogen) atoms. The van der Waals surface area contributed by atoms with E-state index in [1.165, 1.54) is 0 Å².